The zero-order valence-electron chi connectivity index (χ0n) is 11.6. The van der Waals surface area contributed by atoms with Gasteiger partial charge in [-0.25, -0.2) is 0 Å². The van der Waals surface area contributed by atoms with Gasteiger partial charge in [0.1, 0.15) is 0 Å². The van der Waals surface area contributed by atoms with Crippen molar-refractivity contribution in [2.45, 2.75) is 13.0 Å². The van der Waals surface area contributed by atoms with Gasteiger partial charge in [0.2, 0.25) is 5.91 Å². The molecule has 0 bridgehead atoms. The number of carbonyl (C=O) groups excluding carboxylic acids is 1. The molecule has 0 spiro atoms. The zero-order valence-corrected chi connectivity index (χ0v) is 13.2. The molecule has 0 saturated carbocycles. The Morgan fingerprint density at radius 1 is 1.32 bits per heavy atom. The summed E-state index contributed by atoms with van der Waals surface area (Å²) in [5.41, 5.74) is 6.57. The molecule has 0 radical (unpaired) electrons. The SMILES string of the molecule is CN(CCCN)CC(=O)N(C)Cc1ccccc1Br. The van der Waals surface area contributed by atoms with Gasteiger partial charge in [-0.05, 0) is 38.2 Å². The Bertz CT molecular complexity index is 411. The van der Waals surface area contributed by atoms with Crippen LogP contribution in [0.4, 0.5) is 0 Å². The molecule has 0 saturated heterocycles. The van der Waals surface area contributed by atoms with Crippen molar-refractivity contribution in [3.05, 3.63) is 34.3 Å². The lowest BCUT2D eigenvalue weighted by Crippen LogP contribution is -2.37. The highest BCUT2D eigenvalue weighted by molar-refractivity contribution is 9.10. The van der Waals surface area contributed by atoms with Crippen LogP contribution in [0.1, 0.15) is 12.0 Å². The number of rotatable bonds is 7. The average Bonchev–Trinajstić information content (AvgIpc) is 2.38. The van der Waals surface area contributed by atoms with Gasteiger partial charge in [-0.3, -0.25) is 9.69 Å². The summed E-state index contributed by atoms with van der Waals surface area (Å²) in [5.74, 6) is 0.121. The summed E-state index contributed by atoms with van der Waals surface area (Å²) in [5, 5.41) is 0. The second-order valence-electron chi connectivity index (χ2n) is 4.72. The highest BCUT2D eigenvalue weighted by Crippen LogP contribution is 2.17. The smallest absolute Gasteiger partial charge is 0.236 e. The van der Waals surface area contributed by atoms with Crippen molar-refractivity contribution in [3.8, 4) is 0 Å². The van der Waals surface area contributed by atoms with Crippen LogP contribution in [-0.2, 0) is 11.3 Å². The second kappa shape index (κ2) is 8.30. The number of halogens is 1. The number of likely N-dealkylation sites (N-methyl/N-ethyl adjacent to an activating group) is 2. The molecule has 0 heterocycles. The molecule has 0 aliphatic rings. The number of hydrogen-bond acceptors (Lipinski definition) is 3. The van der Waals surface area contributed by atoms with Crippen molar-refractivity contribution in [1.82, 2.24) is 9.80 Å². The van der Waals surface area contributed by atoms with Crippen LogP contribution in [0, 0.1) is 0 Å². The van der Waals surface area contributed by atoms with Crippen LogP contribution >= 0.6 is 15.9 Å². The van der Waals surface area contributed by atoms with Gasteiger partial charge >= 0.3 is 0 Å². The molecule has 1 aromatic carbocycles. The first kappa shape index (κ1) is 16.1. The van der Waals surface area contributed by atoms with Gasteiger partial charge in [0, 0.05) is 18.1 Å². The molecule has 0 fully saturated rings. The van der Waals surface area contributed by atoms with Gasteiger partial charge in [-0.15, -0.1) is 0 Å². The molecule has 0 aromatic heterocycles. The third-order valence-electron chi connectivity index (χ3n) is 2.94. The molecule has 0 unspecified atom stereocenters. The van der Waals surface area contributed by atoms with E-state index in [1.54, 1.807) is 4.90 Å². The number of benzene rings is 1. The summed E-state index contributed by atoms with van der Waals surface area (Å²) in [4.78, 5) is 15.8. The van der Waals surface area contributed by atoms with Crippen LogP contribution in [0.15, 0.2) is 28.7 Å². The minimum absolute atomic E-state index is 0.121. The molecular weight excluding hydrogens is 306 g/mol. The van der Waals surface area contributed by atoms with Gasteiger partial charge in [0.05, 0.1) is 6.54 Å². The van der Waals surface area contributed by atoms with Gasteiger partial charge < -0.3 is 10.6 Å². The predicted octanol–water partition coefficient (Wildman–Crippen LogP) is 1.69. The summed E-state index contributed by atoms with van der Waals surface area (Å²) in [7, 11) is 3.78. The van der Waals surface area contributed by atoms with Crippen LogP contribution in [0.25, 0.3) is 0 Å². The fourth-order valence-corrected chi connectivity index (χ4v) is 2.17. The maximum absolute atomic E-state index is 12.1. The summed E-state index contributed by atoms with van der Waals surface area (Å²) >= 11 is 3.50. The number of nitrogens with zero attached hydrogens (tertiary/aromatic N) is 2. The molecule has 19 heavy (non-hydrogen) atoms. The Morgan fingerprint density at radius 2 is 2.00 bits per heavy atom. The molecule has 5 heteroatoms. The monoisotopic (exact) mass is 327 g/mol. The molecule has 1 amide bonds. The highest BCUT2D eigenvalue weighted by atomic mass is 79.9. The van der Waals surface area contributed by atoms with Crippen molar-refractivity contribution >= 4 is 21.8 Å². The first-order valence-corrected chi connectivity index (χ1v) is 7.20. The largest absolute Gasteiger partial charge is 0.340 e. The number of carbonyl (C=O) groups is 1. The summed E-state index contributed by atoms with van der Waals surface area (Å²) in [6.45, 7) is 2.56. The lowest BCUT2D eigenvalue weighted by Gasteiger charge is -2.22. The fourth-order valence-electron chi connectivity index (χ4n) is 1.76. The molecule has 2 N–H and O–H groups in total. The first-order valence-electron chi connectivity index (χ1n) is 6.40. The third-order valence-corrected chi connectivity index (χ3v) is 3.71. The van der Waals surface area contributed by atoms with Crippen LogP contribution in [-0.4, -0.2) is 49.4 Å². The van der Waals surface area contributed by atoms with E-state index in [9.17, 15) is 4.79 Å². The molecule has 0 aliphatic heterocycles. The van der Waals surface area contributed by atoms with Crippen LogP contribution in [0.3, 0.4) is 0 Å². The van der Waals surface area contributed by atoms with Crippen LogP contribution in [0.5, 0.6) is 0 Å². The van der Waals surface area contributed by atoms with Gasteiger partial charge in [0.25, 0.3) is 0 Å². The minimum Gasteiger partial charge on any atom is -0.340 e. The van der Waals surface area contributed by atoms with E-state index in [0.717, 1.165) is 23.0 Å². The topological polar surface area (TPSA) is 49.6 Å². The zero-order chi connectivity index (χ0) is 14.3. The molecule has 0 aliphatic carbocycles. The van der Waals surface area contributed by atoms with E-state index in [1.165, 1.54) is 0 Å². The Balaban J connectivity index is 2.47. The summed E-state index contributed by atoms with van der Waals surface area (Å²) in [6, 6.07) is 7.95. The summed E-state index contributed by atoms with van der Waals surface area (Å²) < 4.78 is 1.03. The highest BCUT2D eigenvalue weighted by Gasteiger charge is 2.12. The average molecular weight is 328 g/mol. The lowest BCUT2D eigenvalue weighted by molar-refractivity contribution is -0.131. The van der Waals surface area contributed by atoms with E-state index < -0.39 is 0 Å². The normalized spacial score (nSPS) is 10.8. The number of amides is 1. The maximum atomic E-state index is 12.1. The summed E-state index contributed by atoms with van der Waals surface area (Å²) in [6.07, 6.45) is 0.914. The number of nitrogens with two attached hydrogens (primary N) is 1. The quantitative estimate of drug-likeness (QED) is 0.829. The molecule has 4 nitrogen and oxygen atoms in total. The standard InChI is InChI=1S/C14H22BrN3O/c1-17(9-5-8-16)11-14(19)18(2)10-12-6-3-4-7-13(12)15/h3-4,6-7H,5,8-11,16H2,1-2H3. The van der Waals surface area contributed by atoms with E-state index in [4.69, 9.17) is 5.73 Å². The first-order chi connectivity index (χ1) is 9.04. The van der Waals surface area contributed by atoms with Crippen molar-refractivity contribution in [2.24, 2.45) is 5.73 Å². The Hall–Kier alpha value is -0.910. The molecule has 1 aromatic rings. The predicted molar refractivity (Wildman–Crippen MR) is 81.8 cm³/mol. The lowest BCUT2D eigenvalue weighted by atomic mass is 10.2. The van der Waals surface area contributed by atoms with E-state index in [-0.39, 0.29) is 5.91 Å². The Labute approximate surface area is 123 Å². The Morgan fingerprint density at radius 3 is 2.63 bits per heavy atom. The van der Waals surface area contributed by atoms with Crippen molar-refractivity contribution < 1.29 is 4.79 Å². The van der Waals surface area contributed by atoms with Gasteiger partial charge in [0.15, 0.2) is 0 Å². The molecule has 0 atom stereocenters. The minimum atomic E-state index is 0.121. The van der Waals surface area contributed by atoms with Crippen LogP contribution in [0.2, 0.25) is 0 Å². The van der Waals surface area contributed by atoms with E-state index >= 15 is 0 Å². The third kappa shape index (κ3) is 5.72. The van der Waals surface area contributed by atoms with E-state index in [1.807, 2.05) is 43.3 Å². The molecule has 1 rings (SSSR count). The van der Waals surface area contributed by atoms with E-state index in [0.29, 0.717) is 19.6 Å². The Kier molecular flexibility index (Phi) is 7.05. The van der Waals surface area contributed by atoms with Crippen LogP contribution < -0.4 is 5.73 Å². The molecular formula is C14H22BrN3O. The van der Waals surface area contributed by atoms with Crippen molar-refractivity contribution in [2.75, 3.05) is 33.7 Å². The van der Waals surface area contributed by atoms with Gasteiger partial charge in [-0.1, -0.05) is 34.1 Å². The van der Waals surface area contributed by atoms with Crippen molar-refractivity contribution in [1.29, 1.82) is 0 Å². The van der Waals surface area contributed by atoms with Crippen molar-refractivity contribution in [3.63, 3.8) is 0 Å². The second-order valence-corrected chi connectivity index (χ2v) is 5.58. The molecule has 106 valence electrons. The van der Waals surface area contributed by atoms with E-state index in [2.05, 4.69) is 15.9 Å². The number of hydrogen-bond donors (Lipinski definition) is 1. The maximum Gasteiger partial charge on any atom is 0.236 e. The van der Waals surface area contributed by atoms with Gasteiger partial charge in [-0.2, -0.15) is 0 Å². The fraction of sp³-hybridized carbons (Fsp3) is 0.500.